The number of rotatable bonds is 4. The number of amides is 2. The van der Waals surface area contributed by atoms with E-state index in [9.17, 15) is 9.59 Å². The van der Waals surface area contributed by atoms with Gasteiger partial charge in [0.2, 0.25) is 5.91 Å². The predicted octanol–water partition coefficient (Wildman–Crippen LogP) is 2.96. The monoisotopic (exact) mass is 311 g/mol. The molecule has 0 aromatic heterocycles. The molecule has 0 aliphatic carbocycles. The SMILES string of the molecule is COc1ccc(C2CN(C(=O)OCc3ccccc3)C2=O)cc1. The maximum absolute atomic E-state index is 12.2. The first-order valence-corrected chi connectivity index (χ1v) is 7.35. The number of methoxy groups -OCH3 is 1. The summed E-state index contributed by atoms with van der Waals surface area (Å²) < 4.78 is 10.3. The van der Waals surface area contributed by atoms with Crippen LogP contribution in [0.2, 0.25) is 0 Å². The lowest BCUT2D eigenvalue weighted by Crippen LogP contribution is -2.53. The molecule has 23 heavy (non-hydrogen) atoms. The number of likely N-dealkylation sites (tertiary alicyclic amines) is 1. The van der Waals surface area contributed by atoms with Gasteiger partial charge in [0.15, 0.2) is 0 Å². The number of hydrogen-bond acceptors (Lipinski definition) is 4. The van der Waals surface area contributed by atoms with Crippen LogP contribution >= 0.6 is 0 Å². The summed E-state index contributed by atoms with van der Waals surface area (Å²) in [6, 6.07) is 16.7. The number of ether oxygens (including phenoxy) is 2. The third-order valence-electron chi connectivity index (χ3n) is 3.87. The first kappa shape index (κ1) is 15.1. The minimum atomic E-state index is -0.594. The van der Waals surface area contributed by atoms with Crippen molar-refractivity contribution >= 4 is 12.0 Å². The highest BCUT2D eigenvalue weighted by Crippen LogP contribution is 2.30. The van der Waals surface area contributed by atoms with Crippen LogP contribution in [-0.2, 0) is 16.1 Å². The summed E-state index contributed by atoms with van der Waals surface area (Å²) in [5, 5.41) is 0. The molecular weight excluding hydrogens is 294 g/mol. The summed E-state index contributed by atoms with van der Waals surface area (Å²) in [6.45, 7) is 0.509. The molecule has 0 bridgehead atoms. The van der Waals surface area contributed by atoms with Crippen molar-refractivity contribution in [2.45, 2.75) is 12.5 Å². The van der Waals surface area contributed by atoms with Crippen LogP contribution < -0.4 is 4.74 Å². The smallest absolute Gasteiger partial charge is 0.416 e. The molecule has 2 aromatic carbocycles. The first-order chi connectivity index (χ1) is 11.2. The van der Waals surface area contributed by atoms with E-state index in [4.69, 9.17) is 9.47 Å². The van der Waals surface area contributed by atoms with Crippen molar-refractivity contribution in [1.29, 1.82) is 0 Å². The summed E-state index contributed by atoms with van der Waals surface area (Å²) in [4.78, 5) is 25.2. The van der Waals surface area contributed by atoms with Gasteiger partial charge in [-0.25, -0.2) is 9.69 Å². The highest BCUT2D eigenvalue weighted by molar-refractivity contribution is 6.01. The molecule has 1 fully saturated rings. The van der Waals surface area contributed by atoms with Crippen molar-refractivity contribution in [2.24, 2.45) is 0 Å². The van der Waals surface area contributed by atoms with E-state index in [1.54, 1.807) is 19.2 Å². The Kier molecular flexibility index (Phi) is 4.28. The molecule has 2 aromatic rings. The molecule has 5 nitrogen and oxygen atoms in total. The molecule has 0 saturated carbocycles. The molecule has 0 spiro atoms. The van der Waals surface area contributed by atoms with Gasteiger partial charge >= 0.3 is 6.09 Å². The van der Waals surface area contributed by atoms with E-state index in [-0.39, 0.29) is 18.4 Å². The van der Waals surface area contributed by atoms with Gasteiger partial charge in [-0.1, -0.05) is 42.5 Å². The molecule has 1 heterocycles. The van der Waals surface area contributed by atoms with E-state index >= 15 is 0 Å². The molecule has 5 heteroatoms. The molecular formula is C18H17NO4. The maximum Gasteiger partial charge on any atom is 0.416 e. The maximum atomic E-state index is 12.2. The van der Waals surface area contributed by atoms with E-state index in [0.29, 0.717) is 6.54 Å². The quantitative estimate of drug-likeness (QED) is 0.815. The van der Waals surface area contributed by atoms with Gasteiger partial charge in [0.05, 0.1) is 13.0 Å². The Morgan fingerprint density at radius 1 is 1.13 bits per heavy atom. The Labute approximate surface area is 134 Å². The Balaban J connectivity index is 1.55. The minimum Gasteiger partial charge on any atom is -0.497 e. The second-order valence-electron chi connectivity index (χ2n) is 5.31. The summed E-state index contributed by atoms with van der Waals surface area (Å²) in [6.07, 6.45) is -0.594. The molecule has 2 amide bonds. The molecule has 118 valence electrons. The lowest BCUT2D eigenvalue weighted by atomic mass is 9.91. The zero-order chi connectivity index (χ0) is 16.2. The van der Waals surface area contributed by atoms with Gasteiger partial charge in [-0.05, 0) is 23.3 Å². The third kappa shape index (κ3) is 3.18. The number of benzene rings is 2. The Morgan fingerprint density at radius 3 is 2.43 bits per heavy atom. The molecule has 1 unspecified atom stereocenters. The molecule has 1 aliphatic rings. The topological polar surface area (TPSA) is 55.8 Å². The Bertz CT molecular complexity index is 697. The number of β-lactam (4-membered cyclic amide) rings is 1. The van der Waals surface area contributed by atoms with Gasteiger partial charge in [0, 0.05) is 6.54 Å². The van der Waals surface area contributed by atoms with Gasteiger partial charge in [0.25, 0.3) is 0 Å². The van der Waals surface area contributed by atoms with Crippen LogP contribution in [-0.4, -0.2) is 30.6 Å². The van der Waals surface area contributed by atoms with Crippen LogP contribution in [0.4, 0.5) is 4.79 Å². The highest BCUT2D eigenvalue weighted by Gasteiger charge is 2.42. The number of imide groups is 1. The van der Waals surface area contributed by atoms with Gasteiger partial charge < -0.3 is 9.47 Å². The van der Waals surface area contributed by atoms with Crippen LogP contribution in [0.25, 0.3) is 0 Å². The van der Waals surface area contributed by atoms with E-state index < -0.39 is 6.09 Å². The normalized spacial score (nSPS) is 16.7. The van der Waals surface area contributed by atoms with Gasteiger partial charge in [-0.2, -0.15) is 0 Å². The zero-order valence-corrected chi connectivity index (χ0v) is 12.8. The van der Waals surface area contributed by atoms with E-state index in [1.165, 1.54) is 0 Å². The average Bonchev–Trinajstić information content (AvgIpc) is 2.60. The van der Waals surface area contributed by atoms with Crippen molar-refractivity contribution in [1.82, 2.24) is 4.90 Å². The molecule has 1 atom stereocenters. The largest absolute Gasteiger partial charge is 0.497 e. The predicted molar refractivity (Wildman–Crippen MR) is 84.1 cm³/mol. The average molecular weight is 311 g/mol. The van der Waals surface area contributed by atoms with Crippen molar-refractivity contribution < 1.29 is 19.1 Å². The Morgan fingerprint density at radius 2 is 1.83 bits per heavy atom. The standard InChI is InChI=1S/C18H17NO4/c1-22-15-9-7-14(8-10-15)16-11-19(17(16)20)18(21)23-12-13-5-3-2-4-6-13/h2-10,16H,11-12H2,1H3. The number of carbonyl (C=O) groups excluding carboxylic acids is 2. The second kappa shape index (κ2) is 6.52. The summed E-state index contributed by atoms with van der Waals surface area (Å²) >= 11 is 0. The number of hydrogen-bond donors (Lipinski definition) is 0. The van der Waals surface area contributed by atoms with Gasteiger partial charge in [-0.15, -0.1) is 0 Å². The van der Waals surface area contributed by atoms with Crippen molar-refractivity contribution in [3.8, 4) is 5.75 Å². The summed E-state index contributed by atoms with van der Waals surface area (Å²) in [5.74, 6) is 0.220. The highest BCUT2D eigenvalue weighted by atomic mass is 16.6. The molecule has 0 radical (unpaired) electrons. The van der Waals surface area contributed by atoms with Crippen LogP contribution in [0.1, 0.15) is 17.0 Å². The fourth-order valence-electron chi connectivity index (χ4n) is 2.47. The fraction of sp³-hybridized carbons (Fsp3) is 0.222. The van der Waals surface area contributed by atoms with Crippen LogP contribution in [0.15, 0.2) is 54.6 Å². The lowest BCUT2D eigenvalue weighted by Gasteiger charge is -2.36. The van der Waals surface area contributed by atoms with Crippen LogP contribution in [0.3, 0.4) is 0 Å². The van der Waals surface area contributed by atoms with E-state index in [1.807, 2.05) is 42.5 Å². The van der Waals surface area contributed by atoms with Crippen LogP contribution in [0.5, 0.6) is 5.75 Å². The first-order valence-electron chi connectivity index (χ1n) is 7.35. The van der Waals surface area contributed by atoms with Crippen molar-refractivity contribution in [2.75, 3.05) is 13.7 Å². The van der Waals surface area contributed by atoms with E-state index in [0.717, 1.165) is 21.8 Å². The van der Waals surface area contributed by atoms with Crippen LogP contribution in [0, 0.1) is 0 Å². The lowest BCUT2D eigenvalue weighted by molar-refractivity contribution is -0.140. The van der Waals surface area contributed by atoms with Crippen molar-refractivity contribution in [3.63, 3.8) is 0 Å². The molecule has 0 N–H and O–H groups in total. The van der Waals surface area contributed by atoms with Gasteiger partial charge in [0.1, 0.15) is 12.4 Å². The summed E-state index contributed by atoms with van der Waals surface area (Å²) in [5.41, 5.74) is 1.77. The molecule has 3 rings (SSSR count). The minimum absolute atomic E-state index is 0.163. The molecule has 1 saturated heterocycles. The van der Waals surface area contributed by atoms with E-state index in [2.05, 4.69) is 0 Å². The fourth-order valence-corrected chi connectivity index (χ4v) is 2.47. The van der Waals surface area contributed by atoms with Crippen molar-refractivity contribution in [3.05, 3.63) is 65.7 Å². The summed E-state index contributed by atoms with van der Waals surface area (Å²) in [7, 11) is 1.59. The molecule has 1 aliphatic heterocycles. The Hall–Kier alpha value is -2.82. The third-order valence-corrected chi connectivity index (χ3v) is 3.87. The number of carbonyl (C=O) groups is 2. The number of nitrogens with zero attached hydrogens (tertiary/aromatic N) is 1. The van der Waals surface area contributed by atoms with Gasteiger partial charge in [-0.3, -0.25) is 4.79 Å². The second-order valence-corrected chi connectivity index (χ2v) is 5.31. The zero-order valence-electron chi connectivity index (χ0n) is 12.8.